The standard InChI is InChI=1S/C29H26N4O3S/c1-36-26-12-11-20(17-30-26)22-6-4-7-23(32-22)29(35)33-14-13-19-15-25(28(34)31-16-18-9-10-18)37-27(19)21-5-2-3-8-24(21)33/h2-8,11-12,15,17-18H,9-10,13-14,16H2,1H3,(H,31,34). The van der Waals surface area contributed by atoms with Gasteiger partial charge in [-0.2, -0.15) is 0 Å². The zero-order chi connectivity index (χ0) is 25.4. The third kappa shape index (κ3) is 4.72. The molecule has 1 N–H and O–H groups in total. The van der Waals surface area contributed by atoms with Crippen LogP contribution in [0.25, 0.3) is 21.7 Å². The lowest BCUT2D eigenvalue weighted by Crippen LogP contribution is -2.33. The molecule has 2 aliphatic rings. The summed E-state index contributed by atoms with van der Waals surface area (Å²) in [6, 6.07) is 19.0. The normalized spacial score (nSPS) is 14.4. The van der Waals surface area contributed by atoms with Crippen LogP contribution in [0.3, 0.4) is 0 Å². The summed E-state index contributed by atoms with van der Waals surface area (Å²) in [5.41, 5.74) is 4.73. The molecule has 7 nitrogen and oxygen atoms in total. The molecule has 0 saturated heterocycles. The number of ether oxygens (including phenoxy) is 1. The number of carbonyl (C=O) groups excluding carboxylic acids is 2. The van der Waals surface area contributed by atoms with Crippen LogP contribution in [-0.2, 0) is 6.42 Å². The summed E-state index contributed by atoms with van der Waals surface area (Å²) < 4.78 is 5.14. The third-order valence-corrected chi connectivity index (χ3v) is 7.99. The monoisotopic (exact) mass is 510 g/mol. The van der Waals surface area contributed by atoms with Crippen LogP contribution < -0.4 is 15.0 Å². The number of hydrogen-bond donors (Lipinski definition) is 1. The van der Waals surface area contributed by atoms with Gasteiger partial charge in [-0.1, -0.05) is 24.3 Å². The first kappa shape index (κ1) is 23.4. The van der Waals surface area contributed by atoms with E-state index in [1.54, 1.807) is 30.3 Å². The number of nitrogens with zero attached hydrogens (tertiary/aromatic N) is 3. The van der Waals surface area contributed by atoms with Crippen molar-refractivity contribution in [3.05, 3.63) is 83.0 Å². The Kier molecular flexibility index (Phi) is 6.18. The number of para-hydroxylation sites is 1. The number of carbonyl (C=O) groups is 2. The van der Waals surface area contributed by atoms with Crippen molar-refractivity contribution in [1.82, 2.24) is 15.3 Å². The molecule has 4 heterocycles. The number of anilines is 1. The molecular weight excluding hydrogens is 484 g/mol. The van der Waals surface area contributed by atoms with Gasteiger partial charge in [0.2, 0.25) is 5.88 Å². The van der Waals surface area contributed by atoms with E-state index in [4.69, 9.17) is 4.74 Å². The second-order valence-corrected chi connectivity index (χ2v) is 10.4. The molecular formula is C29H26N4O3S. The highest BCUT2D eigenvalue weighted by molar-refractivity contribution is 7.17. The fraction of sp³-hybridized carbons (Fsp3) is 0.241. The molecule has 1 fully saturated rings. The molecule has 0 spiro atoms. The van der Waals surface area contributed by atoms with E-state index >= 15 is 0 Å². The van der Waals surface area contributed by atoms with Gasteiger partial charge in [-0.25, -0.2) is 9.97 Å². The molecule has 0 radical (unpaired) electrons. The van der Waals surface area contributed by atoms with Gasteiger partial charge < -0.3 is 15.0 Å². The molecule has 1 aliphatic heterocycles. The Hall–Kier alpha value is -4.04. The van der Waals surface area contributed by atoms with Gasteiger partial charge in [-0.05, 0) is 61.1 Å². The van der Waals surface area contributed by atoms with Crippen LogP contribution >= 0.6 is 11.3 Å². The number of pyridine rings is 2. The minimum atomic E-state index is -0.159. The quantitative estimate of drug-likeness (QED) is 0.384. The fourth-order valence-corrected chi connectivity index (χ4v) is 5.73. The van der Waals surface area contributed by atoms with Gasteiger partial charge in [0.25, 0.3) is 11.8 Å². The highest BCUT2D eigenvalue weighted by atomic mass is 32.1. The highest BCUT2D eigenvalue weighted by Crippen LogP contribution is 2.42. The maximum atomic E-state index is 13.8. The van der Waals surface area contributed by atoms with Crippen molar-refractivity contribution in [3.63, 3.8) is 0 Å². The number of aromatic nitrogens is 2. The van der Waals surface area contributed by atoms with Crippen LogP contribution in [-0.4, -0.2) is 42.0 Å². The van der Waals surface area contributed by atoms with Gasteiger partial charge in [-0.3, -0.25) is 9.59 Å². The lowest BCUT2D eigenvalue weighted by molar-refractivity contribution is 0.0953. The number of hydrogen-bond acceptors (Lipinski definition) is 6. The van der Waals surface area contributed by atoms with E-state index in [0.29, 0.717) is 36.2 Å². The van der Waals surface area contributed by atoms with Crippen molar-refractivity contribution in [2.24, 2.45) is 5.92 Å². The summed E-state index contributed by atoms with van der Waals surface area (Å²) in [5.74, 6) is 0.987. The van der Waals surface area contributed by atoms with Gasteiger partial charge in [0, 0.05) is 41.4 Å². The van der Waals surface area contributed by atoms with E-state index < -0.39 is 0 Å². The second-order valence-electron chi connectivity index (χ2n) is 9.34. The lowest BCUT2D eigenvalue weighted by atomic mass is 10.1. The number of thiophene rings is 1. The van der Waals surface area contributed by atoms with Crippen LogP contribution in [0.4, 0.5) is 5.69 Å². The fourth-order valence-electron chi connectivity index (χ4n) is 4.57. The zero-order valence-corrected chi connectivity index (χ0v) is 21.3. The van der Waals surface area contributed by atoms with Gasteiger partial charge >= 0.3 is 0 Å². The first-order chi connectivity index (χ1) is 18.1. The Bertz CT molecular complexity index is 1480. The molecule has 0 bridgehead atoms. The minimum Gasteiger partial charge on any atom is -0.481 e. The first-order valence-corrected chi connectivity index (χ1v) is 13.2. The molecule has 1 saturated carbocycles. The minimum absolute atomic E-state index is 0.00979. The summed E-state index contributed by atoms with van der Waals surface area (Å²) in [4.78, 5) is 39.0. The van der Waals surface area contributed by atoms with Crippen molar-refractivity contribution < 1.29 is 14.3 Å². The van der Waals surface area contributed by atoms with E-state index in [1.165, 1.54) is 24.2 Å². The smallest absolute Gasteiger partial charge is 0.276 e. The van der Waals surface area contributed by atoms with E-state index in [-0.39, 0.29) is 11.8 Å². The van der Waals surface area contributed by atoms with Gasteiger partial charge in [0.05, 0.1) is 23.4 Å². The predicted octanol–water partition coefficient (Wildman–Crippen LogP) is 5.22. The predicted molar refractivity (Wildman–Crippen MR) is 144 cm³/mol. The van der Waals surface area contributed by atoms with E-state index in [0.717, 1.165) is 38.7 Å². The van der Waals surface area contributed by atoms with Gasteiger partial charge in [0.15, 0.2) is 0 Å². The van der Waals surface area contributed by atoms with Crippen LogP contribution in [0.15, 0.2) is 66.9 Å². The summed E-state index contributed by atoms with van der Waals surface area (Å²) in [6.07, 6.45) is 4.75. The summed E-state index contributed by atoms with van der Waals surface area (Å²) >= 11 is 1.50. The van der Waals surface area contributed by atoms with E-state index in [9.17, 15) is 9.59 Å². The molecule has 1 aliphatic carbocycles. The zero-order valence-electron chi connectivity index (χ0n) is 20.4. The van der Waals surface area contributed by atoms with Crippen LogP contribution in [0, 0.1) is 5.92 Å². The summed E-state index contributed by atoms with van der Waals surface area (Å²) in [5, 5.41) is 3.07. The number of fused-ring (bicyclic) bond motifs is 3. The molecule has 2 amide bonds. The number of rotatable bonds is 6. The average Bonchev–Trinajstić information content (AvgIpc) is 3.71. The Morgan fingerprint density at radius 3 is 2.76 bits per heavy atom. The van der Waals surface area contributed by atoms with Gasteiger partial charge in [0.1, 0.15) is 5.69 Å². The maximum absolute atomic E-state index is 13.8. The van der Waals surface area contributed by atoms with Crippen molar-refractivity contribution in [2.75, 3.05) is 25.1 Å². The Balaban J connectivity index is 1.29. The largest absolute Gasteiger partial charge is 0.481 e. The number of methoxy groups -OCH3 is 1. The van der Waals surface area contributed by atoms with Crippen molar-refractivity contribution in [3.8, 4) is 27.6 Å². The van der Waals surface area contributed by atoms with Crippen molar-refractivity contribution in [1.29, 1.82) is 0 Å². The molecule has 186 valence electrons. The van der Waals surface area contributed by atoms with Crippen molar-refractivity contribution >= 4 is 28.8 Å². The number of benzene rings is 1. The van der Waals surface area contributed by atoms with Crippen LogP contribution in [0.5, 0.6) is 5.88 Å². The number of nitrogens with one attached hydrogen (secondary N) is 1. The SMILES string of the molecule is COc1ccc(-c2cccc(C(=O)N3CCc4cc(C(=O)NCC5CC5)sc4-c4ccccc43)n2)cn1. The second kappa shape index (κ2) is 9.78. The molecule has 1 aromatic carbocycles. The van der Waals surface area contributed by atoms with Crippen molar-refractivity contribution in [2.45, 2.75) is 19.3 Å². The van der Waals surface area contributed by atoms with E-state index in [2.05, 4.69) is 15.3 Å². The Morgan fingerprint density at radius 1 is 1.11 bits per heavy atom. The molecule has 37 heavy (non-hydrogen) atoms. The van der Waals surface area contributed by atoms with Crippen LogP contribution in [0.2, 0.25) is 0 Å². The first-order valence-electron chi connectivity index (χ1n) is 12.4. The topological polar surface area (TPSA) is 84.4 Å². The molecule has 0 atom stereocenters. The summed E-state index contributed by atoms with van der Waals surface area (Å²) in [6.45, 7) is 1.25. The maximum Gasteiger partial charge on any atom is 0.276 e. The molecule has 4 aromatic rings. The third-order valence-electron chi connectivity index (χ3n) is 6.78. The Labute approximate surface area is 219 Å². The lowest BCUT2D eigenvalue weighted by Gasteiger charge is -2.23. The molecule has 8 heteroatoms. The highest BCUT2D eigenvalue weighted by Gasteiger charge is 2.29. The van der Waals surface area contributed by atoms with Gasteiger partial charge in [-0.15, -0.1) is 11.3 Å². The number of amides is 2. The van der Waals surface area contributed by atoms with E-state index in [1.807, 2.05) is 48.5 Å². The molecule has 0 unspecified atom stereocenters. The summed E-state index contributed by atoms with van der Waals surface area (Å²) in [7, 11) is 1.57. The molecule has 6 rings (SSSR count). The Morgan fingerprint density at radius 2 is 1.97 bits per heavy atom. The average molecular weight is 511 g/mol. The molecule has 3 aromatic heterocycles. The van der Waals surface area contributed by atoms with Crippen LogP contribution in [0.1, 0.15) is 38.6 Å².